The van der Waals surface area contributed by atoms with Crippen molar-refractivity contribution in [1.82, 2.24) is 0 Å². The molecule has 0 aromatic heterocycles. The number of aliphatic hydroxyl groups is 1. The quantitative estimate of drug-likeness (QED) is 0.849. The van der Waals surface area contributed by atoms with Gasteiger partial charge in [-0.25, -0.2) is 9.18 Å². The van der Waals surface area contributed by atoms with Crippen molar-refractivity contribution in [3.8, 4) is 0 Å². The van der Waals surface area contributed by atoms with Crippen molar-refractivity contribution >= 4 is 5.97 Å². The highest BCUT2D eigenvalue weighted by Crippen LogP contribution is 2.35. The van der Waals surface area contributed by atoms with Gasteiger partial charge in [0.25, 0.3) is 0 Å². The molecule has 2 unspecified atom stereocenters. The van der Waals surface area contributed by atoms with Gasteiger partial charge in [-0.1, -0.05) is 39.0 Å². The third-order valence-corrected chi connectivity index (χ3v) is 3.25. The Kier molecular flexibility index (Phi) is 3.88. The number of carboxylic acid groups (broad SMARTS) is 1. The normalized spacial score (nSPS) is 16.6. The lowest BCUT2D eigenvalue weighted by Gasteiger charge is -2.34. The molecule has 3 nitrogen and oxygen atoms in total. The van der Waals surface area contributed by atoms with E-state index < -0.39 is 29.2 Å². The minimum Gasteiger partial charge on any atom is -0.479 e. The minimum atomic E-state index is -1.97. The van der Waals surface area contributed by atoms with Gasteiger partial charge in [-0.2, -0.15) is 0 Å². The standard InChI is InChI=1S/C13H17FO3/c1-8(2)13(17,12(15)16)9(3)10-6-4-5-7-11(10)14/h4-9,17H,1-3H3,(H,15,16). The average Bonchev–Trinajstić information content (AvgIpc) is 2.27. The summed E-state index contributed by atoms with van der Waals surface area (Å²) < 4.78 is 13.6. The Morgan fingerprint density at radius 2 is 1.82 bits per heavy atom. The van der Waals surface area contributed by atoms with Crippen LogP contribution in [0.15, 0.2) is 24.3 Å². The Hall–Kier alpha value is -1.42. The molecule has 0 radical (unpaired) electrons. The summed E-state index contributed by atoms with van der Waals surface area (Å²) in [6, 6.07) is 5.91. The van der Waals surface area contributed by atoms with E-state index in [9.17, 15) is 14.3 Å². The fraction of sp³-hybridized carbons (Fsp3) is 0.462. The largest absolute Gasteiger partial charge is 0.479 e. The highest BCUT2D eigenvalue weighted by atomic mass is 19.1. The van der Waals surface area contributed by atoms with Gasteiger partial charge in [0, 0.05) is 5.92 Å². The van der Waals surface area contributed by atoms with E-state index in [4.69, 9.17) is 5.11 Å². The van der Waals surface area contributed by atoms with Crippen molar-refractivity contribution in [3.63, 3.8) is 0 Å². The molecule has 17 heavy (non-hydrogen) atoms. The fourth-order valence-corrected chi connectivity index (χ4v) is 2.00. The molecule has 2 N–H and O–H groups in total. The lowest BCUT2D eigenvalue weighted by Crippen LogP contribution is -2.48. The molecule has 0 fully saturated rings. The Morgan fingerprint density at radius 1 is 1.29 bits per heavy atom. The summed E-state index contributed by atoms with van der Waals surface area (Å²) in [5, 5.41) is 19.4. The molecule has 0 aliphatic heterocycles. The van der Waals surface area contributed by atoms with Crippen molar-refractivity contribution in [2.24, 2.45) is 5.92 Å². The molecular formula is C13H17FO3. The van der Waals surface area contributed by atoms with E-state index in [2.05, 4.69) is 0 Å². The molecule has 0 bridgehead atoms. The van der Waals surface area contributed by atoms with Gasteiger partial charge in [-0.15, -0.1) is 0 Å². The van der Waals surface area contributed by atoms with Crippen LogP contribution in [0.4, 0.5) is 4.39 Å². The van der Waals surface area contributed by atoms with Gasteiger partial charge in [-0.05, 0) is 17.5 Å². The van der Waals surface area contributed by atoms with Crippen LogP contribution in [0.1, 0.15) is 32.3 Å². The number of benzene rings is 1. The number of hydrogen-bond donors (Lipinski definition) is 2. The Labute approximate surface area is 99.9 Å². The van der Waals surface area contributed by atoms with Gasteiger partial charge < -0.3 is 10.2 Å². The van der Waals surface area contributed by atoms with Gasteiger partial charge in [-0.3, -0.25) is 0 Å². The Morgan fingerprint density at radius 3 is 2.24 bits per heavy atom. The van der Waals surface area contributed by atoms with Crippen LogP contribution in [0.5, 0.6) is 0 Å². The van der Waals surface area contributed by atoms with Crippen molar-refractivity contribution < 1.29 is 19.4 Å². The van der Waals surface area contributed by atoms with Crippen molar-refractivity contribution in [1.29, 1.82) is 0 Å². The first kappa shape index (κ1) is 13.6. The van der Waals surface area contributed by atoms with Gasteiger partial charge in [0.1, 0.15) is 5.82 Å². The third-order valence-electron chi connectivity index (χ3n) is 3.25. The zero-order chi connectivity index (χ0) is 13.2. The van der Waals surface area contributed by atoms with Gasteiger partial charge in [0.05, 0.1) is 0 Å². The predicted octanol–water partition coefficient (Wildman–Crippen LogP) is 2.40. The maximum absolute atomic E-state index is 13.6. The molecule has 0 saturated heterocycles. The zero-order valence-corrected chi connectivity index (χ0v) is 10.1. The zero-order valence-electron chi connectivity index (χ0n) is 10.1. The first-order valence-electron chi connectivity index (χ1n) is 5.52. The molecule has 4 heteroatoms. The van der Waals surface area contributed by atoms with Crippen LogP contribution < -0.4 is 0 Å². The monoisotopic (exact) mass is 240 g/mol. The van der Waals surface area contributed by atoms with Crippen LogP contribution in [0, 0.1) is 11.7 Å². The smallest absolute Gasteiger partial charge is 0.336 e. The second kappa shape index (κ2) is 4.84. The summed E-state index contributed by atoms with van der Waals surface area (Å²) in [5.74, 6) is -3.17. The Balaban J connectivity index is 3.23. The summed E-state index contributed by atoms with van der Waals surface area (Å²) in [7, 11) is 0. The van der Waals surface area contributed by atoms with Crippen LogP contribution in [0.3, 0.4) is 0 Å². The van der Waals surface area contributed by atoms with E-state index in [1.807, 2.05) is 0 Å². The summed E-state index contributed by atoms with van der Waals surface area (Å²) in [6.45, 7) is 4.73. The highest BCUT2D eigenvalue weighted by Gasteiger charge is 2.46. The van der Waals surface area contributed by atoms with Crippen LogP contribution in [0.25, 0.3) is 0 Å². The molecule has 1 rings (SSSR count). The molecule has 1 aromatic carbocycles. The third kappa shape index (κ3) is 2.31. The number of hydrogen-bond acceptors (Lipinski definition) is 2. The maximum atomic E-state index is 13.6. The van der Waals surface area contributed by atoms with E-state index in [1.54, 1.807) is 19.9 Å². The van der Waals surface area contributed by atoms with E-state index in [0.29, 0.717) is 0 Å². The molecule has 2 atom stereocenters. The predicted molar refractivity (Wildman–Crippen MR) is 62.2 cm³/mol. The first-order valence-corrected chi connectivity index (χ1v) is 5.52. The minimum absolute atomic E-state index is 0.214. The maximum Gasteiger partial charge on any atom is 0.336 e. The summed E-state index contributed by atoms with van der Waals surface area (Å²) in [6.07, 6.45) is 0. The number of carbonyl (C=O) groups is 1. The molecule has 0 amide bonds. The number of carboxylic acids is 1. The molecule has 0 aliphatic carbocycles. The molecular weight excluding hydrogens is 223 g/mol. The highest BCUT2D eigenvalue weighted by molar-refractivity contribution is 5.79. The van der Waals surface area contributed by atoms with Crippen molar-refractivity contribution in [2.45, 2.75) is 32.3 Å². The number of halogens is 1. The lowest BCUT2D eigenvalue weighted by atomic mass is 9.76. The molecule has 0 spiro atoms. The number of aliphatic carboxylic acids is 1. The SMILES string of the molecule is CC(C)C(O)(C(=O)O)C(C)c1ccccc1F. The molecule has 0 saturated carbocycles. The van der Waals surface area contributed by atoms with Crippen LogP contribution in [-0.4, -0.2) is 21.8 Å². The molecule has 1 aromatic rings. The van der Waals surface area contributed by atoms with Gasteiger partial charge >= 0.3 is 5.97 Å². The van der Waals surface area contributed by atoms with E-state index in [0.717, 1.165) is 0 Å². The fourth-order valence-electron chi connectivity index (χ4n) is 2.00. The van der Waals surface area contributed by atoms with Crippen LogP contribution in [-0.2, 0) is 4.79 Å². The van der Waals surface area contributed by atoms with Crippen LogP contribution >= 0.6 is 0 Å². The van der Waals surface area contributed by atoms with E-state index in [1.165, 1.54) is 25.1 Å². The molecule has 94 valence electrons. The summed E-state index contributed by atoms with van der Waals surface area (Å²) in [5.41, 5.74) is -1.76. The number of rotatable bonds is 4. The van der Waals surface area contributed by atoms with Crippen LogP contribution in [0.2, 0.25) is 0 Å². The average molecular weight is 240 g/mol. The lowest BCUT2D eigenvalue weighted by molar-refractivity contribution is -0.166. The second-order valence-corrected chi connectivity index (χ2v) is 4.53. The molecule has 0 aliphatic rings. The van der Waals surface area contributed by atoms with E-state index >= 15 is 0 Å². The van der Waals surface area contributed by atoms with Crippen molar-refractivity contribution in [2.75, 3.05) is 0 Å². The second-order valence-electron chi connectivity index (χ2n) is 4.53. The van der Waals surface area contributed by atoms with Gasteiger partial charge in [0.15, 0.2) is 5.60 Å². The Bertz CT molecular complexity index is 417. The van der Waals surface area contributed by atoms with Crippen molar-refractivity contribution in [3.05, 3.63) is 35.6 Å². The molecule has 0 heterocycles. The summed E-state index contributed by atoms with van der Waals surface area (Å²) >= 11 is 0. The van der Waals surface area contributed by atoms with Gasteiger partial charge in [0.2, 0.25) is 0 Å². The van der Waals surface area contributed by atoms with E-state index in [-0.39, 0.29) is 5.56 Å². The summed E-state index contributed by atoms with van der Waals surface area (Å²) in [4.78, 5) is 11.2. The topological polar surface area (TPSA) is 57.5 Å². The first-order chi connectivity index (χ1) is 7.81.